The molecule has 100 valence electrons. The Bertz CT molecular complexity index is 267. The molecule has 0 radical (unpaired) electrons. The molecule has 0 aliphatic carbocycles. The minimum atomic E-state index is -0.556. The third-order valence-corrected chi connectivity index (χ3v) is 2.22. The maximum absolute atomic E-state index is 11.7. The highest BCUT2D eigenvalue weighted by Crippen LogP contribution is 2.18. The van der Waals surface area contributed by atoms with E-state index in [9.17, 15) is 9.59 Å². The van der Waals surface area contributed by atoms with Gasteiger partial charge in [0.1, 0.15) is 5.60 Å². The SMILES string of the molecule is COCOC(=O)C(C)C(C)C(=O)OC(C)(C)C. The summed E-state index contributed by atoms with van der Waals surface area (Å²) in [6.45, 7) is 8.52. The molecule has 0 rings (SSSR count). The Morgan fingerprint density at radius 2 is 1.53 bits per heavy atom. The lowest BCUT2D eigenvalue weighted by Gasteiger charge is -2.24. The highest BCUT2D eigenvalue weighted by Gasteiger charge is 2.30. The lowest BCUT2D eigenvalue weighted by Crippen LogP contribution is -2.33. The lowest BCUT2D eigenvalue weighted by molar-refractivity contribution is -0.170. The predicted molar refractivity (Wildman–Crippen MR) is 62.1 cm³/mol. The van der Waals surface area contributed by atoms with Gasteiger partial charge in [-0.15, -0.1) is 0 Å². The van der Waals surface area contributed by atoms with Gasteiger partial charge in [-0.3, -0.25) is 9.59 Å². The van der Waals surface area contributed by atoms with Gasteiger partial charge < -0.3 is 14.2 Å². The molecular weight excluding hydrogens is 224 g/mol. The van der Waals surface area contributed by atoms with Gasteiger partial charge in [0.15, 0.2) is 6.79 Å². The molecule has 0 aliphatic rings. The molecule has 5 heteroatoms. The fourth-order valence-corrected chi connectivity index (χ4v) is 1.05. The summed E-state index contributed by atoms with van der Waals surface area (Å²) in [6, 6.07) is 0. The van der Waals surface area contributed by atoms with E-state index in [-0.39, 0.29) is 6.79 Å². The Labute approximate surface area is 102 Å². The summed E-state index contributed by atoms with van der Waals surface area (Å²) < 4.78 is 14.6. The average Bonchev–Trinajstić information content (AvgIpc) is 2.21. The summed E-state index contributed by atoms with van der Waals surface area (Å²) in [7, 11) is 1.43. The highest BCUT2D eigenvalue weighted by molar-refractivity contribution is 5.81. The van der Waals surface area contributed by atoms with Crippen LogP contribution in [-0.2, 0) is 23.8 Å². The Balaban J connectivity index is 4.33. The summed E-state index contributed by atoms with van der Waals surface area (Å²) in [6.07, 6.45) is 0. The molecule has 0 aromatic heterocycles. The van der Waals surface area contributed by atoms with Crippen molar-refractivity contribution in [3.8, 4) is 0 Å². The van der Waals surface area contributed by atoms with Crippen LogP contribution in [0.3, 0.4) is 0 Å². The molecule has 0 fully saturated rings. The molecule has 0 amide bonds. The standard InChI is InChI=1S/C12H22O5/c1-8(10(13)16-7-15-6)9(2)11(14)17-12(3,4)5/h8-9H,7H2,1-6H3. The molecule has 5 nitrogen and oxygen atoms in total. The van der Waals surface area contributed by atoms with E-state index in [4.69, 9.17) is 9.47 Å². The first kappa shape index (κ1) is 15.9. The second-order valence-corrected chi connectivity index (χ2v) is 4.98. The molecule has 0 aliphatic heterocycles. The maximum Gasteiger partial charge on any atom is 0.311 e. The van der Waals surface area contributed by atoms with Crippen LogP contribution in [0.4, 0.5) is 0 Å². The van der Waals surface area contributed by atoms with Crippen LogP contribution >= 0.6 is 0 Å². The van der Waals surface area contributed by atoms with Gasteiger partial charge in [0.25, 0.3) is 0 Å². The normalized spacial score (nSPS) is 14.9. The molecule has 0 aromatic carbocycles. The molecular formula is C12H22O5. The van der Waals surface area contributed by atoms with Gasteiger partial charge in [-0.2, -0.15) is 0 Å². The summed E-state index contributed by atoms with van der Waals surface area (Å²) >= 11 is 0. The number of esters is 2. The number of rotatable bonds is 5. The van der Waals surface area contributed by atoms with Crippen molar-refractivity contribution in [2.24, 2.45) is 11.8 Å². The topological polar surface area (TPSA) is 61.8 Å². The van der Waals surface area contributed by atoms with Crippen LogP contribution < -0.4 is 0 Å². The third kappa shape index (κ3) is 6.26. The van der Waals surface area contributed by atoms with Crippen molar-refractivity contribution in [3.63, 3.8) is 0 Å². The van der Waals surface area contributed by atoms with E-state index in [2.05, 4.69) is 4.74 Å². The predicted octanol–water partition coefficient (Wildman–Crippen LogP) is 1.75. The largest absolute Gasteiger partial charge is 0.460 e. The maximum atomic E-state index is 11.7. The van der Waals surface area contributed by atoms with Gasteiger partial charge in [-0.05, 0) is 20.8 Å². The first-order valence-electron chi connectivity index (χ1n) is 5.57. The zero-order valence-corrected chi connectivity index (χ0v) is 11.4. The molecule has 0 heterocycles. The molecule has 0 aromatic rings. The van der Waals surface area contributed by atoms with Crippen LogP contribution in [0.5, 0.6) is 0 Å². The van der Waals surface area contributed by atoms with Crippen LogP contribution in [0.15, 0.2) is 0 Å². The number of carbonyl (C=O) groups is 2. The van der Waals surface area contributed by atoms with Crippen molar-refractivity contribution in [1.82, 2.24) is 0 Å². The van der Waals surface area contributed by atoms with Crippen molar-refractivity contribution in [2.75, 3.05) is 13.9 Å². The van der Waals surface area contributed by atoms with E-state index in [1.54, 1.807) is 34.6 Å². The summed E-state index contributed by atoms with van der Waals surface area (Å²) in [4.78, 5) is 23.2. The van der Waals surface area contributed by atoms with Gasteiger partial charge >= 0.3 is 11.9 Å². The van der Waals surface area contributed by atoms with Crippen LogP contribution in [0.2, 0.25) is 0 Å². The Kier molecular flexibility index (Phi) is 6.16. The molecule has 0 saturated heterocycles. The first-order chi connectivity index (χ1) is 7.69. The second kappa shape index (κ2) is 6.59. The molecule has 0 spiro atoms. The van der Waals surface area contributed by atoms with Crippen LogP contribution in [0.25, 0.3) is 0 Å². The molecule has 17 heavy (non-hydrogen) atoms. The Hall–Kier alpha value is -1.10. The molecule has 0 N–H and O–H groups in total. The molecule has 2 unspecified atom stereocenters. The van der Waals surface area contributed by atoms with E-state index in [0.717, 1.165) is 0 Å². The Morgan fingerprint density at radius 1 is 1.06 bits per heavy atom. The quantitative estimate of drug-likeness (QED) is 0.546. The molecule has 0 saturated carbocycles. The van der Waals surface area contributed by atoms with Crippen molar-refractivity contribution in [1.29, 1.82) is 0 Å². The van der Waals surface area contributed by atoms with Crippen LogP contribution in [0, 0.1) is 11.8 Å². The first-order valence-corrected chi connectivity index (χ1v) is 5.57. The van der Waals surface area contributed by atoms with E-state index < -0.39 is 29.4 Å². The van der Waals surface area contributed by atoms with Gasteiger partial charge in [0.05, 0.1) is 11.8 Å². The number of carbonyl (C=O) groups excluding carboxylic acids is 2. The van der Waals surface area contributed by atoms with Gasteiger partial charge in [0.2, 0.25) is 0 Å². The monoisotopic (exact) mass is 246 g/mol. The van der Waals surface area contributed by atoms with Crippen LogP contribution in [0.1, 0.15) is 34.6 Å². The minimum Gasteiger partial charge on any atom is -0.460 e. The van der Waals surface area contributed by atoms with Crippen molar-refractivity contribution in [3.05, 3.63) is 0 Å². The van der Waals surface area contributed by atoms with E-state index in [1.807, 2.05) is 0 Å². The summed E-state index contributed by atoms with van der Waals surface area (Å²) in [5.41, 5.74) is -0.554. The van der Waals surface area contributed by atoms with E-state index in [1.165, 1.54) is 7.11 Å². The van der Waals surface area contributed by atoms with E-state index >= 15 is 0 Å². The average molecular weight is 246 g/mol. The summed E-state index contributed by atoms with van der Waals surface area (Å²) in [5, 5.41) is 0. The fourth-order valence-electron chi connectivity index (χ4n) is 1.05. The summed E-state index contributed by atoms with van der Waals surface area (Å²) in [5.74, 6) is -1.97. The molecule has 0 bridgehead atoms. The second-order valence-electron chi connectivity index (χ2n) is 4.98. The van der Waals surface area contributed by atoms with E-state index in [0.29, 0.717) is 0 Å². The van der Waals surface area contributed by atoms with Crippen LogP contribution in [-0.4, -0.2) is 31.4 Å². The zero-order valence-electron chi connectivity index (χ0n) is 11.4. The van der Waals surface area contributed by atoms with Crippen molar-refractivity contribution < 1.29 is 23.8 Å². The smallest absolute Gasteiger partial charge is 0.311 e. The minimum absolute atomic E-state index is 0.107. The van der Waals surface area contributed by atoms with Crippen molar-refractivity contribution in [2.45, 2.75) is 40.2 Å². The van der Waals surface area contributed by atoms with Gasteiger partial charge in [0, 0.05) is 7.11 Å². The zero-order chi connectivity index (χ0) is 13.6. The number of hydrogen-bond acceptors (Lipinski definition) is 5. The Morgan fingerprint density at radius 3 is 1.94 bits per heavy atom. The van der Waals surface area contributed by atoms with Gasteiger partial charge in [-0.25, -0.2) is 0 Å². The number of ether oxygens (including phenoxy) is 3. The number of hydrogen-bond donors (Lipinski definition) is 0. The third-order valence-electron chi connectivity index (χ3n) is 2.22. The highest BCUT2D eigenvalue weighted by atomic mass is 16.7. The van der Waals surface area contributed by atoms with Gasteiger partial charge in [-0.1, -0.05) is 13.8 Å². The number of methoxy groups -OCH3 is 1. The van der Waals surface area contributed by atoms with Crippen molar-refractivity contribution >= 4 is 11.9 Å². The fraction of sp³-hybridized carbons (Fsp3) is 0.833. The molecule has 2 atom stereocenters. The lowest BCUT2D eigenvalue weighted by atomic mass is 9.96.